The van der Waals surface area contributed by atoms with Crippen LogP contribution in [0.5, 0.6) is 11.5 Å². The van der Waals surface area contributed by atoms with E-state index in [1.807, 2.05) is 17.4 Å². The van der Waals surface area contributed by atoms with Crippen molar-refractivity contribution in [2.75, 3.05) is 26.9 Å². The van der Waals surface area contributed by atoms with Crippen LogP contribution < -0.4 is 9.47 Å². The van der Waals surface area contributed by atoms with Crippen molar-refractivity contribution in [2.45, 2.75) is 25.4 Å². The zero-order chi connectivity index (χ0) is 15.8. The summed E-state index contributed by atoms with van der Waals surface area (Å²) in [5.41, 5.74) is 4.09. The third-order valence-electron chi connectivity index (χ3n) is 4.85. The molecule has 0 saturated heterocycles. The highest BCUT2D eigenvalue weighted by Crippen LogP contribution is 2.44. The maximum atomic E-state index is 8.98. The fraction of sp³-hybridized carbons (Fsp3) is 0.444. The van der Waals surface area contributed by atoms with Crippen LogP contribution in [0.4, 0.5) is 0 Å². The normalized spacial score (nSPS) is 19.7. The fourth-order valence-electron chi connectivity index (χ4n) is 3.79. The number of hydrogen-bond acceptors (Lipinski definition) is 5. The number of aliphatic hydroxyl groups is 1. The minimum Gasteiger partial charge on any atom is -0.493 e. The van der Waals surface area contributed by atoms with Crippen LogP contribution in [0.15, 0.2) is 23.6 Å². The summed E-state index contributed by atoms with van der Waals surface area (Å²) >= 11 is 1.89. The lowest BCUT2D eigenvalue weighted by Crippen LogP contribution is -2.38. The first-order valence-electron chi connectivity index (χ1n) is 8.04. The summed E-state index contributed by atoms with van der Waals surface area (Å²) in [6.07, 6.45) is 2.16. The smallest absolute Gasteiger partial charge is 0.165 e. The Bertz CT molecular complexity index is 712. The molecule has 1 unspecified atom stereocenters. The molecule has 2 aromatic rings. The van der Waals surface area contributed by atoms with Crippen LogP contribution in [0.3, 0.4) is 0 Å². The molecule has 0 aliphatic carbocycles. The molecule has 0 amide bonds. The maximum absolute atomic E-state index is 8.98. The molecule has 1 atom stereocenters. The Morgan fingerprint density at radius 2 is 2.26 bits per heavy atom. The van der Waals surface area contributed by atoms with Crippen LogP contribution in [0, 0.1) is 0 Å². The van der Waals surface area contributed by atoms with Gasteiger partial charge in [0.15, 0.2) is 11.5 Å². The molecular formula is C18H21NO3S. The Hall–Kier alpha value is -1.56. The predicted octanol–water partition coefficient (Wildman–Crippen LogP) is 2.78. The third-order valence-corrected chi connectivity index (χ3v) is 5.85. The molecule has 4 rings (SSSR count). The van der Waals surface area contributed by atoms with E-state index in [4.69, 9.17) is 14.6 Å². The zero-order valence-electron chi connectivity index (χ0n) is 13.2. The SMILES string of the molecule is COc1c(OCCO)ccc2c1CN1CCc3sccc3C1C2. The van der Waals surface area contributed by atoms with Crippen molar-refractivity contribution in [1.82, 2.24) is 4.90 Å². The average molecular weight is 331 g/mol. The van der Waals surface area contributed by atoms with Crippen LogP contribution in [0.1, 0.15) is 27.6 Å². The van der Waals surface area contributed by atoms with Gasteiger partial charge in [-0.15, -0.1) is 11.3 Å². The van der Waals surface area contributed by atoms with Crippen LogP contribution in [-0.2, 0) is 19.4 Å². The Labute approximate surface area is 140 Å². The molecule has 122 valence electrons. The first-order valence-corrected chi connectivity index (χ1v) is 8.92. The van der Waals surface area contributed by atoms with Gasteiger partial charge in [0.05, 0.1) is 13.7 Å². The van der Waals surface area contributed by atoms with Crippen molar-refractivity contribution < 1.29 is 14.6 Å². The van der Waals surface area contributed by atoms with Gasteiger partial charge in [0.2, 0.25) is 0 Å². The minimum atomic E-state index is 0.00930. The van der Waals surface area contributed by atoms with Gasteiger partial charge < -0.3 is 14.6 Å². The molecule has 0 radical (unpaired) electrons. The van der Waals surface area contributed by atoms with Crippen LogP contribution >= 0.6 is 11.3 Å². The van der Waals surface area contributed by atoms with Crippen molar-refractivity contribution in [2.24, 2.45) is 0 Å². The van der Waals surface area contributed by atoms with E-state index in [0.717, 1.165) is 37.4 Å². The number of thiophene rings is 1. The molecule has 1 N–H and O–H groups in total. The van der Waals surface area contributed by atoms with E-state index in [1.165, 1.54) is 16.7 Å². The molecule has 3 heterocycles. The van der Waals surface area contributed by atoms with Crippen LogP contribution in [-0.4, -0.2) is 36.9 Å². The van der Waals surface area contributed by atoms with Crippen molar-refractivity contribution in [1.29, 1.82) is 0 Å². The van der Waals surface area contributed by atoms with Crippen LogP contribution in [0.25, 0.3) is 0 Å². The second kappa shape index (κ2) is 6.15. The molecule has 1 aromatic carbocycles. The number of benzene rings is 1. The molecule has 0 saturated carbocycles. The highest BCUT2D eigenvalue weighted by Gasteiger charge is 2.34. The fourth-order valence-corrected chi connectivity index (χ4v) is 4.72. The molecule has 4 nitrogen and oxygen atoms in total. The number of methoxy groups -OCH3 is 1. The van der Waals surface area contributed by atoms with Gasteiger partial charge in [0, 0.05) is 29.6 Å². The third kappa shape index (κ3) is 2.53. The number of fused-ring (bicyclic) bond motifs is 4. The summed E-state index contributed by atoms with van der Waals surface area (Å²) in [6.45, 7) is 2.30. The largest absolute Gasteiger partial charge is 0.493 e. The molecular weight excluding hydrogens is 310 g/mol. The van der Waals surface area contributed by atoms with E-state index >= 15 is 0 Å². The van der Waals surface area contributed by atoms with Gasteiger partial charge in [0.1, 0.15) is 6.61 Å². The van der Waals surface area contributed by atoms with E-state index in [9.17, 15) is 0 Å². The lowest BCUT2D eigenvalue weighted by molar-refractivity contribution is 0.158. The first kappa shape index (κ1) is 15.0. The second-order valence-corrected chi connectivity index (χ2v) is 7.05. The Morgan fingerprint density at radius 1 is 1.35 bits per heavy atom. The Balaban J connectivity index is 1.70. The van der Waals surface area contributed by atoms with Gasteiger partial charge in [-0.2, -0.15) is 0 Å². The monoisotopic (exact) mass is 331 g/mol. The maximum Gasteiger partial charge on any atom is 0.165 e. The molecule has 2 aliphatic heterocycles. The molecule has 1 aromatic heterocycles. The van der Waals surface area contributed by atoms with Gasteiger partial charge in [-0.3, -0.25) is 4.90 Å². The van der Waals surface area contributed by atoms with E-state index in [0.29, 0.717) is 12.6 Å². The summed E-state index contributed by atoms with van der Waals surface area (Å²) in [5, 5.41) is 11.2. The second-order valence-electron chi connectivity index (χ2n) is 6.05. The average Bonchev–Trinajstić information content (AvgIpc) is 3.06. The number of aliphatic hydroxyl groups excluding tert-OH is 1. The minimum absolute atomic E-state index is 0.00930. The molecule has 2 aliphatic rings. The number of hydrogen-bond donors (Lipinski definition) is 1. The molecule has 0 fully saturated rings. The topological polar surface area (TPSA) is 41.9 Å². The molecule has 23 heavy (non-hydrogen) atoms. The number of nitrogens with zero attached hydrogens (tertiary/aromatic N) is 1. The summed E-state index contributed by atoms with van der Waals surface area (Å²) in [5.74, 6) is 1.55. The lowest BCUT2D eigenvalue weighted by Gasteiger charge is -2.40. The van der Waals surface area contributed by atoms with Crippen molar-refractivity contribution >= 4 is 11.3 Å². The Morgan fingerprint density at radius 3 is 3.09 bits per heavy atom. The van der Waals surface area contributed by atoms with Gasteiger partial charge in [-0.25, -0.2) is 0 Å². The van der Waals surface area contributed by atoms with Crippen LogP contribution in [0.2, 0.25) is 0 Å². The highest BCUT2D eigenvalue weighted by molar-refractivity contribution is 7.10. The van der Waals surface area contributed by atoms with E-state index in [2.05, 4.69) is 22.4 Å². The summed E-state index contributed by atoms with van der Waals surface area (Å²) in [4.78, 5) is 4.10. The van der Waals surface area contributed by atoms with E-state index in [1.54, 1.807) is 12.0 Å². The van der Waals surface area contributed by atoms with Crippen molar-refractivity contribution in [3.05, 3.63) is 45.1 Å². The van der Waals surface area contributed by atoms with E-state index in [-0.39, 0.29) is 6.61 Å². The molecule has 5 heteroatoms. The Kier molecular flexibility index (Phi) is 4.01. The van der Waals surface area contributed by atoms with Crippen molar-refractivity contribution in [3.8, 4) is 11.5 Å². The summed E-state index contributed by atoms with van der Waals surface area (Å²) < 4.78 is 11.3. The van der Waals surface area contributed by atoms with Gasteiger partial charge >= 0.3 is 0 Å². The quantitative estimate of drug-likeness (QED) is 0.935. The highest BCUT2D eigenvalue weighted by atomic mass is 32.1. The first-order chi connectivity index (χ1) is 11.3. The standard InChI is InChI=1S/C18H21NO3S/c1-21-18-14-11-19-6-4-17-13(5-9-23-17)15(19)10-12(14)2-3-16(18)22-8-7-20/h2-3,5,9,15,20H,4,6-8,10-11H2,1H3. The summed E-state index contributed by atoms with van der Waals surface area (Å²) in [6, 6.07) is 6.91. The number of rotatable bonds is 4. The van der Waals surface area contributed by atoms with E-state index < -0.39 is 0 Å². The van der Waals surface area contributed by atoms with Crippen molar-refractivity contribution in [3.63, 3.8) is 0 Å². The predicted molar refractivity (Wildman–Crippen MR) is 90.5 cm³/mol. The molecule has 0 bridgehead atoms. The summed E-state index contributed by atoms with van der Waals surface area (Å²) in [7, 11) is 1.70. The van der Waals surface area contributed by atoms with Gasteiger partial charge in [0.25, 0.3) is 0 Å². The van der Waals surface area contributed by atoms with Gasteiger partial charge in [-0.05, 0) is 41.5 Å². The molecule has 0 spiro atoms. The lowest BCUT2D eigenvalue weighted by atomic mass is 9.87. The van der Waals surface area contributed by atoms with Gasteiger partial charge in [-0.1, -0.05) is 6.07 Å². The number of ether oxygens (including phenoxy) is 2. The zero-order valence-corrected chi connectivity index (χ0v) is 14.1.